The molecule has 0 saturated heterocycles. The van der Waals surface area contributed by atoms with E-state index in [0.717, 1.165) is 11.1 Å². The number of nitrogens with one attached hydrogen (secondary N) is 1. The fourth-order valence-corrected chi connectivity index (χ4v) is 2.50. The molecular formula is C19H18N4O3. The van der Waals surface area contributed by atoms with Crippen LogP contribution in [0.3, 0.4) is 0 Å². The SMILES string of the molecule is CC(=O)O/N=C/c1c(NCc2ccccc2)nc2c(C)cccn2c1=O. The standard InChI is InChI=1S/C19H18N4O3/c1-13-7-6-10-23-18(13)22-17(20-11-15-8-4-3-5-9-15)16(19(23)25)12-21-26-14(2)24/h3-10,12,20H,11H2,1-2H3/b21-12+. The number of oxime groups is 1. The summed E-state index contributed by atoms with van der Waals surface area (Å²) in [6.07, 6.45) is 2.85. The Kier molecular flexibility index (Phi) is 5.07. The van der Waals surface area contributed by atoms with Crippen LogP contribution >= 0.6 is 0 Å². The third-order valence-electron chi connectivity index (χ3n) is 3.75. The molecule has 7 nitrogen and oxygen atoms in total. The first-order chi connectivity index (χ1) is 12.6. The lowest BCUT2D eigenvalue weighted by molar-refractivity contribution is -0.140. The molecule has 2 aromatic heterocycles. The molecule has 1 aromatic carbocycles. The van der Waals surface area contributed by atoms with Gasteiger partial charge in [-0.2, -0.15) is 0 Å². The molecule has 26 heavy (non-hydrogen) atoms. The number of carbonyl (C=O) groups is 1. The summed E-state index contributed by atoms with van der Waals surface area (Å²) in [5.74, 6) is -0.186. The quantitative estimate of drug-likeness (QED) is 0.434. The van der Waals surface area contributed by atoms with Gasteiger partial charge in [0, 0.05) is 19.7 Å². The van der Waals surface area contributed by atoms with Gasteiger partial charge in [0.05, 0.1) is 6.21 Å². The lowest BCUT2D eigenvalue weighted by Gasteiger charge is -2.11. The van der Waals surface area contributed by atoms with Gasteiger partial charge in [-0.05, 0) is 24.1 Å². The van der Waals surface area contributed by atoms with Gasteiger partial charge in [0.1, 0.15) is 17.0 Å². The van der Waals surface area contributed by atoms with Crippen LogP contribution < -0.4 is 10.9 Å². The minimum absolute atomic E-state index is 0.213. The summed E-state index contributed by atoms with van der Waals surface area (Å²) >= 11 is 0. The number of rotatable bonds is 5. The van der Waals surface area contributed by atoms with Crippen molar-refractivity contribution in [2.75, 3.05) is 5.32 Å². The molecule has 0 saturated carbocycles. The molecule has 7 heteroatoms. The van der Waals surface area contributed by atoms with Crippen LogP contribution in [0.1, 0.15) is 23.6 Å². The topological polar surface area (TPSA) is 85.1 Å². The van der Waals surface area contributed by atoms with Crippen molar-refractivity contribution in [3.05, 3.63) is 75.7 Å². The van der Waals surface area contributed by atoms with Crippen LogP contribution in [-0.4, -0.2) is 21.6 Å². The summed E-state index contributed by atoms with van der Waals surface area (Å²) in [6.45, 7) is 3.61. The molecule has 0 fully saturated rings. The van der Waals surface area contributed by atoms with Crippen LogP contribution in [0.4, 0.5) is 5.82 Å². The molecule has 0 aliphatic rings. The second-order valence-electron chi connectivity index (χ2n) is 5.72. The van der Waals surface area contributed by atoms with Gasteiger partial charge < -0.3 is 10.2 Å². The number of nitrogens with zero attached hydrogens (tertiary/aromatic N) is 3. The predicted molar refractivity (Wildman–Crippen MR) is 99.3 cm³/mol. The van der Waals surface area contributed by atoms with Crippen molar-refractivity contribution in [1.29, 1.82) is 0 Å². The molecular weight excluding hydrogens is 332 g/mol. The Morgan fingerprint density at radius 1 is 1.27 bits per heavy atom. The summed E-state index contributed by atoms with van der Waals surface area (Å²) in [5, 5.41) is 6.75. The average Bonchev–Trinajstić information content (AvgIpc) is 2.63. The number of hydrogen-bond donors (Lipinski definition) is 1. The van der Waals surface area contributed by atoms with Crippen LogP contribution in [0.5, 0.6) is 0 Å². The fourth-order valence-electron chi connectivity index (χ4n) is 2.50. The van der Waals surface area contributed by atoms with E-state index >= 15 is 0 Å². The van der Waals surface area contributed by atoms with Crippen LogP contribution in [-0.2, 0) is 16.2 Å². The summed E-state index contributed by atoms with van der Waals surface area (Å²) in [5.41, 5.74) is 2.38. The highest BCUT2D eigenvalue weighted by atomic mass is 16.7. The Labute approximate surface area is 149 Å². The van der Waals surface area contributed by atoms with Crippen LogP contribution in [0.2, 0.25) is 0 Å². The maximum Gasteiger partial charge on any atom is 0.331 e. The maximum absolute atomic E-state index is 12.8. The Balaban J connectivity index is 2.05. The average molecular weight is 350 g/mol. The van der Waals surface area contributed by atoms with E-state index in [-0.39, 0.29) is 11.1 Å². The summed E-state index contributed by atoms with van der Waals surface area (Å²) in [7, 11) is 0. The Morgan fingerprint density at radius 3 is 2.77 bits per heavy atom. The number of aromatic nitrogens is 2. The second kappa shape index (κ2) is 7.60. The molecule has 3 aromatic rings. The van der Waals surface area contributed by atoms with Gasteiger partial charge >= 0.3 is 5.97 Å². The van der Waals surface area contributed by atoms with Crippen LogP contribution in [0.25, 0.3) is 5.65 Å². The minimum Gasteiger partial charge on any atom is -0.365 e. The maximum atomic E-state index is 12.8. The molecule has 132 valence electrons. The Morgan fingerprint density at radius 2 is 2.04 bits per heavy atom. The zero-order valence-corrected chi connectivity index (χ0v) is 14.5. The molecule has 0 radical (unpaired) electrons. The van der Waals surface area contributed by atoms with Gasteiger partial charge in [-0.1, -0.05) is 41.6 Å². The number of benzene rings is 1. The summed E-state index contributed by atoms with van der Waals surface area (Å²) in [6, 6.07) is 13.4. The highest BCUT2D eigenvalue weighted by Gasteiger charge is 2.12. The lowest BCUT2D eigenvalue weighted by atomic mass is 10.2. The minimum atomic E-state index is -0.565. The number of hydrogen-bond acceptors (Lipinski definition) is 6. The molecule has 0 unspecified atom stereocenters. The molecule has 0 spiro atoms. The molecule has 0 bridgehead atoms. The predicted octanol–water partition coefficient (Wildman–Crippen LogP) is 2.51. The van der Waals surface area contributed by atoms with E-state index in [1.54, 1.807) is 12.3 Å². The van der Waals surface area contributed by atoms with E-state index in [0.29, 0.717) is 18.0 Å². The number of carbonyl (C=O) groups excluding carboxylic acids is 1. The van der Waals surface area contributed by atoms with E-state index < -0.39 is 5.97 Å². The smallest absolute Gasteiger partial charge is 0.331 e. The van der Waals surface area contributed by atoms with Crippen molar-refractivity contribution in [2.24, 2.45) is 5.16 Å². The molecule has 1 N–H and O–H groups in total. The Hall–Kier alpha value is -3.48. The normalized spacial score (nSPS) is 11.0. The van der Waals surface area contributed by atoms with Gasteiger partial charge in [0.2, 0.25) is 0 Å². The van der Waals surface area contributed by atoms with E-state index in [1.165, 1.54) is 17.5 Å². The van der Waals surface area contributed by atoms with Crippen molar-refractivity contribution in [2.45, 2.75) is 20.4 Å². The van der Waals surface area contributed by atoms with Crippen molar-refractivity contribution in [1.82, 2.24) is 9.38 Å². The second-order valence-corrected chi connectivity index (χ2v) is 5.72. The van der Waals surface area contributed by atoms with Crippen LogP contribution in [0.15, 0.2) is 58.6 Å². The number of fused-ring (bicyclic) bond motifs is 1. The van der Waals surface area contributed by atoms with E-state index in [1.807, 2.05) is 43.3 Å². The zero-order valence-electron chi connectivity index (χ0n) is 14.5. The van der Waals surface area contributed by atoms with Gasteiger partial charge in [0.15, 0.2) is 0 Å². The Bertz CT molecular complexity index is 1030. The first-order valence-corrected chi connectivity index (χ1v) is 8.07. The first kappa shape index (κ1) is 17.3. The highest BCUT2D eigenvalue weighted by molar-refractivity contribution is 5.86. The molecule has 2 heterocycles. The van der Waals surface area contributed by atoms with Gasteiger partial charge in [-0.3, -0.25) is 9.20 Å². The molecule has 0 aliphatic carbocycles. The van der Waals surface area contributed by atoms with E-state index in [2.05, 4.69) is 20.3 Å². The third-order valence-corrected chi connectivity index (χ3v) is 3.75. The lowest BCUT2D eigenvalue weighted by Crippen LogP contribution is -2.23. The third kappa shape index (κ3) is 3.77. The summed E-state index contributed by atoms with van der Waals surface area (Å²) < 4.78 is 1.44. The molecule has 3 rings (SSSR count). The zero-order chi connectivity index (χ0) is 18.5. The van der Waals surface area contributed by atoms with Gasteiger partial charge in [-0.25, -0.2) is 9.78 Å². The molecule has 0 atom stereocenters. The van der Waals surface area contributed by atoms with Crippen molar-refractivity contribution in [3.8, 4) is 0 Å². The fraction of sp³-hybridized carbons (Fsp3) is 0.158. The number of aryl methyl sites for hydroxylation is 1. The van der Waals surface area contributed by atoms with Gasteiger partial charge in [0.25, 0.3) is 5.56 Å². The van der Waals surface area contributed by atoms with Crippen molar-refractivity contribution < 1.29 is 9.63 Å². The number of pyridine rings is 1. The largest absolute Gasteiger partial charge is 0.365 e. The van der Waals surface area contributed by atoms with Crippen molar-refractivity contribution >= 4 is 23.6 Å². The number of anilines is 1. The van der Waals surface area contributed by atoms with E-state index in [4.69, 9.17) is 0 Å². The van der Waals surface area contributed by atoms with E-state index in [9.17, 15) is 9.59 Å². The summed E-state index contributed by atoms with van der Waals surface area (Å²) in [4.78, 5) is 32.9. The van der Waals surface area contributed by atoms with Crippen LogP contribution in [0, 0.1) is 6.92 Å². The first-order valence-electron chi connectivity index (χ1n) is 8.07. The molecule has 0 amide bonds. The van der Waals surface area contributed by atoms with Gasteiger partial charge in [-0.15, -0.1) is 0 Å². The van der Waals surface area contributed by atoms with Crippen molar-refractivity contribution in [3.63, 3.8) is 0 Å². The highest BCUT2D eigenvalue weighted by Crippen LogP contribution is 2.13. The monoisotopic (exact) mass is 350 g/mol. The molecule has 0 aliphatic heterocycles.